The van der Waals surface area contributed by atoms with Crippen LogP contribution in [0.5, 0.6) is 0 Å². The van der Waals surface area contributed by atoms with Crippen LogP contribution in [0.4, 0.5) is 15.9 Å². The highest BCUT2D eigenvalue weighted by Gasteiger charge is 2.12. The SMILES string of the molecule is Nc1ncccc1NCc1cc(CC(=O)c2cc3cccn3cn2)ccc1F. The molecule has 4 aromatic rings. The number of halogens is 1. The van der Waals surface area contributed by atoms with Crippen molar-refractivity contribution in [3.05, 3.63) is 89.9 Å². The van der Waals surface area contributed by atoms with E-state index in [4.69, 9.17) is 5.73 Å². The van der Waals surface area contributed by atoms with Gasteiger partial charge in [0, 0.05) is 36.4 Å². The summed E-state index contributed by atoms with van der Waals surface area (Å²) in [7, 11) is 0. The Bertz CT molecular complexity index is 1150. The molecule has 0 aliphatic heterocycles. The van der Waals surface area contributed by atoms with E-state index in [-0.39, 0.29) is 24.6 Å². The van der Waals surface area contributed by atoms with Crippen LogP contribution in [0.3, 0.4) is 0 Å². The van der Waals surface area contributed by atoms with Crippen molar-refractivity contribution in [3.63, 3.8) is 0 Å². The predicted octanol–water partition coefficient (Wildman–Crippen LogP) is 3.49. The van der Waals surface area contributed by atoms with E-state index < -0.39 is 0 Å². The Balaban J connectivity index is 1.49. The van der Waals surface area contributed by atoms with Gasteiger partial charge in [0.15, 0.2) is 5.78 Å². The zero-order chi connectivity index (χ0) is 19.5. The second-order valence-electron chi connectivity index (χ2n) is 6.43. The number of nitrogen functional groups attached to an aromatic ring is 1. The lowest BCUT2D eigenvalue weighted by Crippen LogP contribution is -2.09. The summed E-state index contributed by atoms with van der Waals surface area (Å²) in [6.07, 6.45) is 5.21. The van der Waals surface area contributed by atoms with Gasteiger partial charge < -0.3 is 15.5 Å². The molecular weight excluding hydrogens is 357 g/mol. The summed E-state index contributed by atoms with van der Waals surface area (Å²) in [6, 6.07) is 13.7. The van der Waals surface area contributed by atoms with Gasteiger partial charge in [-0.3, -0.25) is 4.79 Å². The quantitative estimate of drug-likeness (QED) is 0.504. The van der Waals surface area contributed by atoms with Crippen LogP contribution in [-0.2, 0) is 13.0 Å². The molecule has 6 nitrogen and oxygen atoms in total. The number of pyridine rings is 1. The van der Waals surface area contributed by atoms with Gasteiger partial charge in [0.05, 0.1) is 12.0 Å². The first-order chi connectivity index (χ1) is 13.6. The smallest absolute Gasteiger partial charge is 0.185 e. The lowest BCUT2D eigenvalue weighted by Gasteiger charge is -2.10. The van der Waals surface area contributed by atoms with Crippen molar-refractivity contribution in [2.24, 2.45) is 0 Å². The number of ketones is 1. The maximum atomic E-state index is 14.2. The lowest BCUT2D eigenvalue weighted by atomic mass is 10.0. The molecule has 4 rings (SSSR count). The van der Waals surface area contributed by atoms with Crippen LogP contribution in [0.15, 0.2) is 67.3 Å². The van der Waals surface area contributed by atoms with E-state index in [0.717, 1.165) is 11.1 Å². The number of hydrogen-bond donors (Lipinski definition) is 2. The first-order valence-corrected chi connectivity index (χ1v) is 8.78. The number of hydrogen-bond acceptors (Lipinski definition) is 5. The molecule has 28 heavy (non-hydrogen) atoms. The van der Waals surface area contributed by atoms with E-state index >= 15 is 0 Å². The molecule has 3 heterocycles. The van der Waals surface area contributed by atoms with Crippen LogP contribution in [-0.4, -0.2) is 20.2 Å². The largest absolute Gasteiger partial charge is 0.382 e. The van der Waals surface area contributed by atoms with Gasteiger partial charge in [0.2, 0.25) is 0 Å². The Morgan fingerprint density at radius 3 is 2.89 bits per heavy atom. The van der Waals surface area contributed by atoms with Crippen molar-refractivity contribution in [2.75, 3.05) is 11.1 Å². The fraction of sp³-hybridized carbons (Fsp3) is 0.0952. The summed E-state index contributed by atoms with van der Waals surface area (Å²) in [5.74, 6) is -0.120. The summed E-state index contributed by atoms with van der Waals surface area (Å²) in [4.78, 5) is 20.8. The topological polar surface area (TPSA) is 85.3 Å². The van der Waals surface area contributed by atoms with Crippen LogP contribution >= 0.6 is 0 Å². The van der Waals surface area contributed by atoms with Gasteiger partial charge in [-0.15, -0.1) is 0 Å². The summed E-state index contributed by atoms with van der Waals surface area (Å²) >= 11 is 0. The van der Waals surface area contributed by atoms with Crippen molar-refractivity contribution in [1.29, 1.82) is 0 Å². The molecule has 1 aromatic carbocycles. The molecule has 3 aromatic heterocycles. The first-order valence-electron chi connectivity index (χ1n) is 8.78. The fourth-order valence-corrected chi connectivity index (χ4v) is 3.00. The van der Waals surface area contributed by atoms with Crippen molar-refractivity contribution >= 4 is 22.8 Å². The Hall–Kier alpha value is -3.74. The van der Waals surface area contributed by atoms with Crippen LogP contribution < -0.4 is 11.1 Å². The van der Waals surface area contributed by atoms with Gasteiger partial charge in [-0.1, -0.05) is 12.1 Å². The third-order valence-corrected chi connectivity index (χ3v) is 4.49. The highest BCUT2D eigenvalue weighted by molar-refractivity contribution is 5.96. The number of nitrogens with zero attached hydrogens (tertiary/aromatic N) is 3. The molecule has 0 radical (unpaired) electrons. The molecule has 0 spiro atoms. The molecular formula is C21H18FN5O. The van der Waals surface area contributed by atoms with Crippen molar-refractivity contribution in [2.45, 2.75) is 13.0 Å². The minimum Gasteiger partial charge on any atom is -0.382 e. The van der Waals surface area contributed by atoms with Crippen molar-refractivity contribution < 1.29 is 9.18 Å². The van der Waals surface area contributed by atoms with Crippen molar-refractivity contribution in [1.82, 2.24) is 14.4 Å². The van der Waals surface area contributed by atoms with Gasteiger partial charge in [-0.2, -0.15) is 0 Å². The molecule has 0 saturated heterocycles. The number of carbonyl (C=O) groups is 1. The highest BCUT2D eigenvalue weighted by atomic mass is 19.1. The number of aromatic nitrogens is 3. The number of nitrogens with two attached hydrogens (primary N) is 1. The zero-order valence-electron chi connectivity index (χ0n) is 15.0. The average Bonchev–Trinajstić information content (AvgIpc) is 3.17. The minimum atomic E-state index is -0.348. The van der Waals surface area contributed by atoms with Gasteiger partial charge >= 0.3 is 0 Å². The number of rotatable bonds is 6. The molecule has 0 unspecified atom stereocenters. The van der Waals surface area contributed by atoms with E-state index in [2.05, 4.69) is 15.3 Å². The first kappa shape index (κ1) is 17.7. The van der Waals surface area contributed by atoms with Gasteiger partial charge in [0.25, 0.3) is 0 Å². The second kappa shape index (κ2) is 7.48. The summed E-state index contributed by atoms with van der Waals surface area (Å²) in [6.45, 7) is 0.234. The van der Waals surface area contributed by atoms with E-state index in [9.17, 15) is 9.18 Å². The highest BCUT2D eigenvalue weighted by Crippen LogP contribution is 2.18. The fourth-order valence-electron chi connectivity index (χ4n) is 3.00. The zero-order valence-corrected chi connectivity index (χ0v) is 15.0. The molecule has 0 aliphatic carbocycles. The number of nitrogens with one attached hydrogen (secondary N) is 1. The van der Waals surface area contributed by atoms with E-state index in [1.807, 2.05) is 22.7 Å². The van der Waals surface area contributed by atoms with Crippen molar-refractivity contribution in [3.8, 4) is 0 Å². The lowest BCUT2D eigenvalue weighted by molar-refractivity contribution is 0.0988. The Morgan fingerprint density at radius 2 is 2.04 bits per heavy atom. The number of carbonyl (C=O) groups excluding carboxylic acids is 1. The molecule has 0 bridgehead atoms. The maximum Gasteiger partial charge on any atom is 0.185 e. The monoisotopic (exact) mass is 375 g/mol. The van der Waals surface area contributed by atoms with E-state index in [0.29, 0.717) is 22.8 Å². The Labute approximate surface area is 160 Å². The molecule has 3 N–H and O–H groups in total. The number of fused-ring (bicyclic) bond motifs is 1. The average molecular weight is 375 g/mol. The van der Waals surface area contributed by atoms with E-state index in [1.54, 1.807) is 42.9 Å². The molecule has 0 atom stereocenters. The Morgan fingerprint density at radius 1 is 1.14 bits per heavy atom. The summed E-state index contributed by atoms with van der Waals surface area (Å²) in [5, 5.41) is 3.07. The van der Waals surface area contributed by atoms with Gasteiger partial charge in [-0.05, 0) is 42.0 Å². The molecule has 140 valence electrons. The predicted molar refractivity (Wildman–Crippen MR) is 106 cm³/mol. The molecule has 0 amide bonds. The minimum absolute atomic E-state index is 0.120. The third kappa shape index (κ3) is 3.68. The van der Waals surface area contributed by atoms with E-state index in [1.165, 1.54) is 6.07 Å². The van der Waals surface area contributed by atoms with Crippen LogP contribution in [0.25, 0.3) is 5.52 Å². The third-order valence-electron chi connectivity index (χ3n) is 4.49. The number of anilines is 2. The molecule has 0 saturated carbocycles. The Kier molecular flexibility index (Phi) is 4.72. The van der Waals surface area contributed by atoms with Crippen LogP contribution in [0, 0.1) is 5.82 Å². The summed E-state index contributed by atoms with van der Waals surface area (Å²) in [5.41, 5.74) is 8.88. The summed E-state index contributed by atoms with van der Waals surface area (Å²) < 4.78 is 16.0. The van der Waals surface area contributed by atoms with Gasteiger partial charge in [0.1, 0.15) is 17.3 Å². The van der Waals surface area contributed by atoms with Gasteiger partial charge in [-0.25, -0.2) is 14.4 Å². The maximum absolute atomic E-state index is 14.2. The van der Waals surface area contributed by atoms with Crippen LogP contribution in [0.2, 0.25) is 0 Å². The molecule has 0 fully saturated rings. The van der Waals surface area contributed by atoms with Crippen LogP contribution in [0.1, 0.15) is 21.6 Å². The standard InChI is InChI=1S/C21H18FN5O/c22-17-6-5-14(9-15(17)12-25-18-4-1-7-24-21(18)23)10-20(28)19-11-16-3-2-8-27(16)13-26-19/h1-9,11,13,25H,10,12H2,(H2,23,24). The second-order valence-corrected chi connectivity index (χ2v) is 6.43. The molecule has 0 aliphatic rings. The number of Topliss-reactive ketones (excluding diaryl/α,β-unsaturated/α-hetero) is 1. The molecule has 7 heteroatoms. The normalized spacial score (nSPS) is 10.9. The number of benzene rings is 1.